The first-order valence-electron chi connectivity index (χ1n) is 4.17. The predicted octanol–water partition coefficient (Wildman–Crippen LogP) is 3.76. The van der Waals surface area contributed by atoms with Crippen LogP contribution in [0.2, 0.25) is 0 Å². The van der Waals surface area contributed by atoms with Gasteiger partial charge in [-0.1, -0.05) is 26.3 Å². The smallest absolute Gasteiger partial charge is 0.158 e. The maximum atomic E-state index is 13.0. The van der Waals surface area contributed by atoms with Crippen molar-refractivity contribution in [1.82, 2.24) is 0 Å². The molecule has 0 bridgehead atoms. The molecule has 0 rings (SSSR count). The maximum absolute atomic E-state index is 13.0. The Bertz CT molecular complexity index is 374. The molecule has 4 heteroatoms. The fourth-order valence-corrected chi connectivity index (χ4v) is 0.662. The minimum absolute atomic E-state index is 0.00713. The van der Waals surface area contributed by atoms with Crippen LogP contribution in [0.4, 0.5) is 13.2 Å². The molecule has 0 aromatic carbocycles. The van der Waals surface area contributed by atoms with Gasteiger partial charge in [0.2, 0.25) is 0 Å². The van der Waals surface area contributed by atoms with E-state index in [0.717, 1.165) is 12.2 Å². The lowest BCUT2D eigenvalue weighted by atomic mass is 10.1. The van der Waals surface area contributed by atoms with Gasteiger partial charge in [0.05, 0.1) is 5.70 Å². The molecule has 0 aliphatic heterocycles. The molecule has 0 aliphatic carbocycles. The van der Waals surface area contributed by atoms with E-state index in [1.165, 1.54) is 0 Å². The van der Waals surface area contributed by atoms with Crippen molar-refractivity contribution in [3.05, 3.63) is 72.8 Å². The molecule has 0 fully saturated rings. The van der Waals surface area contributed by atoms with Crippen LogP contribution in [0, 0.1) is 0 Å². The Kier molecular flexibility index (Phi) is 5.09. The number of rotatable bonds is 5. The summed E-state index contributed by atoms with van der Waals surface area (Å²) in [6.07, 6.45) is 1.68. The lowest BCUT2D eigenvalue weighted by Gasteiger charge is -2.01. The van der Waals surface area contributed by atoms with Crippen molar-refractivity contribution in [2.75, 3.05) is 0 Å². The van der Waals surface area contributed by atoms with Gasteiger partial charge in [0.1, 0.15) is 5.83 Å². The van der Waals surface area contributed by atoms with Crippen LogP contribution in [0.1, 0.15) is 0 Å². The van der Waals surface area contributed by atoms with E-state index < -0.39 is 17.5 Å². The third kappa shape index (κ3) is 4.50. The summed E-state index contributed by atoms with van der Waals surface area (Å²) in [6.45, 7) is 12.7. The molecular formula is C12H12F3N. The Balaban J connectivity index is 4.85. The standard InChI is InChI=1S/C12H12F3N/c1-7(5-11(14)9(3)13)8(2)6-12(15)10(4)16/h5-6H,1-4,16H2/b11-5+,12-6+. The summed E-state index contributed by atoms with van der Waals surface area (Å²) in [4.78, 5) is 0. The lowest BCUT2D eigenvalue weighted by Crippen LogP contribution is -1.95. The highest BCUT2D eigenvalue weighted by Gasteiger charge is 2.04. The zero-order valence-electron chi connectivity index (χ0n) is 8.69. The molecule has 1 nitrogen and oxygen atoms in total. The van der Waals surface area contributed by atoms with E-state index in [0.29, 0.717) is 0 Å². The van der Waals surface area contributed by atoms with Crippen molar-refractivity contribution >= 4 is 0 Å². The van der Waals surface area contributed by atoms with Crippen molar-refractivity contribution in [3.63, 3.8) is 0 Å². The van der Waals surface area contributed by atoms with Gasteiger partial charge in [-0.05, 0) is 23.3 Å². The lowest BCUT2D eigenvalue weighted by molar-refractivity contribution is 0.547. The highest BCUT2D eigenvalue weighted by atomic mass is 19.2. The normalized spacial score (nSPS) is 12.2. The van der Waals surface area contributed by atoms with E-state index in [4.69, 9.17) is 5.73 Å². The number of hydrogen-bond acceptors (Lipinski definition) is 1. The zero-order valence-corrected chi connectivity index (χ0v) is 8.69. The number of halogens is 3. The van der Waals surface area contributed by atoms with Gasteiger partial charge in [-0.25, -0.2) is 13.2 Å². The van der Waals surface area contributed by atoms with Crippen molar-refractivity contribution in [2.24, 2.45) is 5.73 Å². The van der Waals surface area contributed by atoms with Gasteiger partial charge in [-0.2, -0.15) is 0 Å². The quantitative estimate of drug-likeness (QED) is 0.711. The van der Waals surface area contributed by atoms with E-state index in [1.54, 1.807) is 0 Å². The average molecular weight is 227 g/mol. The van der Waals surface area contributed by atoms with Gasteiger partial charge in [-0.3, -0.25) is 0 Å². The largest absolute Gasteiger partial charge is 0.397 e. The van der Waals surface area contributed by atoms with Gasteiger partial charge in [0, 0.05) is 0 Å². The molecule has 0 aromatic rings. The van der Waals surface area contributed by atoms with Crippen LogP contribution >= 0.6 is 0 Å². The third-order valence-electron chi connectivity index (χ3n) is 1.58. The first kappa shape index (κ1) is 14.0. The average Bonchev–Trinajstić information content (AvgIpc) is 2.16. The Morgan fingerprint density at radius 3 is 1.50 bits per heavy atom. The van der Waals surface area contributed by atoms with Gasteiger partial charge in [-0.15, -0.1) is 0 Å². The Labute approximate surface area is 92.5 Å². The van der Waals surface area contributed by atoms with Gasteiger partial charge in [0.25, 0.3) is 0 Å². The Morgan fingerprint density at radius 1 is 0.812 bits per heavy atom. The molecule has 0 radical (unpaired) electrons. The minimum atomic E-state index is -1.23. The molecule has 0 saturated carbocycles. The van der Waals surface area contributed by atoms with E-state index in [9.17, 15) is 13.2 Å². The first-order chi connectivity index (χ1) is 7.25. The van der Waals surface area contributed by atoms with Gasteiger partial charge >= 0.3 is 0 Å². The molecule has 0 saturated heterocycles. The van der Waals surface area contributed by atoms with Crippen LogP contribution in [-0.4, -0.2) is 0 Å². The van der Waals surface area contributed by atoms with Crippen molar-refractivity contribution in [1.29, 1.82) is 0 Å². The van der Waals surface area contributed by atoms with Crippen LogP contribution in [0.15, 0.2) is 72.8 Å². The fourth-order valence-electron chi connectivity index (χ4n) is 0.662. The summed E-state index contributed by atoms with van der Waals surface area (Å²) in [5.74, 6) is -3.23. The van der Waals surface area contributed by atoms with Crippen LogP contribution in [0.25, 0.3) is 0 Å². The molecule has 86 valence electrons. The first-order valence-corrected chi connectivity index (χ1v) is 4.17. The number of allylic oxidation sites excluding steroid dienone is 7. The topological polar surface area (TPSA) is 26.0 Å². The second-order valence-electron chi connectivity index (χ2n) is 2.97. The van der Waals surface area contributed by atoms with E-state index in [2.05, 4.69) is 26.3 Å². The zero-order chi connectivity index (χ0) is 12.9. The van der Waals surface area contributed by atoms with Crippen LogP contribution in [-0.2, 0) is 0 Å². The predicted molar refractivity (Wildman–Crippen MR) is 60.2 cm³/mol. The molecule has 0 unspecified atom stereocenters. The van der Waals surface area contributed by atoms with Gasteiger partial charge < -0.3 is 5.73 Å². The summed E-state index contributed by atoms with van der Waals surface area (Å²) in [5.41, 5.74) is 4.84. The SMILES string of the molecule is C=C(/C=C(/F)C(=C)N)C(=C)/C=C(/F)C(=C)F. The maximum Gasteiger partial charge on any atom is 0.158 e. The molecule has 0 heterocycles. The summed E-state index contributed by atoms with van der Waals surface area (Å²) in [6, 6.07) is 0. The highest BCUT2D eigenvalue weighted by Crippen LogP contribution is 2.19. The van der Waals surface area contributed by atoms with Crippen LogP contribution in [0.5, 0.6) is 0 Å². The molecule has 0 aromatic heterocycles. The van der Waals surface area contributed by atoms with Crippen molar-refractivity contribution in [3.8, 4) is 0 Å². The minimum Gasteiger partial charge on any atom is -0.397 e. The molecule has 0 aliphatic rings. The fraction of sp³-hybridized carbons (Fsp3) is 0. The van der Waals surface area contributed by atoms with Crippen LogP contribution in [0.3, 0.4) is 0 Å². The molecule has 16 heavy (non-hydrogen) atoms. The van der Waals surface area contributed by atoms with Crippen LogP contribution < -0.4 is 5.73 Å². The molecule has 2 N–H and O–H groups in total. The Morgan fingerprint density at radius 2 is 1.19 bits per heavy atom. The highest BCUT2D eigenvalue weighted by molar-refractivity contribution is 5.47. The number of nitrogens with two attached hydrogens (primary N) is 1. The van der Waals surface area contributed by atoms with Gasteiger partial charge in [0.15, 0.2) is 11.7 Å². The molecule has 0 spiro atoms. The monoisotopic (exact) mass is 227 g/mol. The molecule has 0 atom stereocenters. The Hall–Kier alpha value is -1.97. The van der Waals surface area contributed by atoms with Crippen molar-refractivity contribution in [2.45, 2.75) is 0 Å². The van der Waals surface area contributed by atoms with E-state index in [1.807, 2.05) is 0 Å². The van der Waals surface area contributed by atoms with E-state index in [-0.39, 0.29) is 16.8 Å². The second kappa shape index (κ2) is 5.80. The third-order valence-corrected chi connectivity index (χ3v) is 1.58. The molecule has 0 amide bonds. The summed E-state index contributed by atoms with van der Waals surface area (Å²) >= 11 is 0. The van der Waals surface area contributed by atoms with E-state index >= 15 is 0 Å². The second-order valence-corrected chi connectivity index (χ2v) is 2.97. The summed E-state index contributed by atoms with van der Waals surface area (Å²) < 4.78 is 38.0. The summed E-state index contributed by atoms with van der Waals surface area (Å²) in [7, 11) is 0. The van der Waals surface area contributed by atoms with Crippen molar-refractivity contribution < 1.29 is 13.2 Å². The number of hydrogen-bond donors (Lipinski definition) is 1. The summed E-state index contributed by atoms with van der Waals surface area (Å²) in [5, 5.41) is 0. The molecular weight excluding hydrogens is 215 g/mol.